The van der Waals surface area contributed by atoms with Gasteiger partial charge in [0.15, 0.2) is 0 Å². The van der Waals surface area contributed by atoms with E-state index in [0.717, 1.165) is 5.57 Å². The van der Waals surface area contributed by atoms with Gasteiger partial charge in [-0.15, -0.1) is 11.6 Å². The second kappa shape index (κ2) is 3.77. The first-order valence-electron chi connectivity index (χ1n) is 3.97. The zero-order valence-electron chi connectivity index (χ0n) is 7.26. The van der Waals surface area contributed by atoms with Crippen LogP contribution in [0, 0.1) is 5.41 Å². The van der Waals surface area contributed by atoms with Crippen LogP contribution in [0.25, 0.3) is 0 Å². The lowest BCUT2D eigenvalue weighted by atomic mass is 9.93. The molecule has 1 aliphatic rings. The summed E-state index contributed by atoms with van der Waals surface area (Å²) in [6.07, 6.45) is 12.2. The number of rotatable bonds is 2. The molecule has 0 N–H and O–H groups in total. The van der Waals surface area contributed by atoms with Crippen molar-refractivity contribution in [2.24, 2.45) is 5.41 Å². The SMILES string of the molecule is C=CC1=CC=CC(C)(CCl)C=C1. The number of allylic oxidation sites excluding steroid dienone is 7. The van der Waals surface area contributed by atoms with E-state index in [-0.39, 0.29) is 5.41 Å². The second-order valence-electron chi connectivity index (χ2n) is 3.20. The molecule has 0 bridgehead atoms. The molecule has 1 rings (SSSR count). The summed E-state index contributed by atoms with van der Waals surface area (Å²) in [5.74, 6) is 0.609. The molecule has 0 saturated carbocycles. The van der Waals surface area contributed by atoms with E-state index >= 15 is 0 Å². The third-order valence-electron chi connectivity index (χ3n) is 1.95. The van der Waals surface area contributed by atoms with Gasteiger partial charge < -0.3 is 0 Å². The molecule has 1 aliphatic carbocycles. The predicted molar refractivity (Wildman–Crippen MR) is 55.4 cm³/mol. The van der Waals surface area contributed by atoms with Crippen molar-refractivity contribution in [3.05, 3.63) is 48.6 Å². The van der Waals surface area contributed by atoms with Crippen molar-refractivity contribution in [2.45, 2.75) is 6.92 Å². The highest BCUT2D eigenvalue weighted by atomic mass is 35.5. The Kier molecular flexibility index (Phi) is 2.93. The first-order chi connectivity index (χ1) is 5.70. The van der Waals surface area contributed by atoms with E-state index in [1.165, 1.54) is 0 Å². The average Bonchev–Trinajstić information content (AvgIpc) is 2.28. The summed E-state index contributed by atoms with van der Waals surface area (Å²) >= 11 is 5.83. The maximum Gasteiger partial charge on any atom is 0.0347 e. The largest absolute Gasteiger partial charge is 0.125 e. The molecular weight excluding hydrogens is 168 g/mol. The summed E-state index contributed by atoms with van der Waals surface area (Å²) in [5.41, 5.74) is 1.11. The minimum absolute atomic E-state index is 0.0111. The summed E-state index contributed by atoms with van der Waals surface area (Å²) in [6, 6.07) is 0. The van der Waals surface area contributed by atoms with Crippen LogP contribution in [0.2, 0.25) is 0 Å². The monoisotopic (exact) mass is 180 g/mol. The highest BCUT2D eigenvalue weighted by Gasteiger charge is 2.15. The Hall–Kier alpha value is -0.750. The van der Waals surface area contributed by atoms with Crippen molar-refractivity contribution in [2.75, 3.05) is 5.88 Å². The van der Waals surface area contributed by atoms with Crippen LogP contribution >= 0.6 is 11.6 Å². The predicted octanol–water partition coefficient (Wildman–Crippen LogP) is 3.47. The Morgan fingerprint density at radius 1 is 1.58 bits per heavy atom. The fourth-order valence-electron chi connectivity index (χ4n) is 1.00. The van der Waals surface area contributed by atoms with Crippen molar-refractivity contribution in [3.63, 3.8) is 0 Å². The standard InChI is InChI=1S/C11H13Cl/c1-3-10-5-4-7-11(2,9-12)8-6-10/h3-8H,1,9H2,2H3. The number of hydrogen-bond acceptors (Lipinski definition) is 0. The summed E-state index contributed by atoms with van der Waals surface area (Å²) in [4.78, 5) is 0. The van der Waals surface area contributed by atoms with Gasteiger partial charge in [0.1, 0.15) is 0 Å². The van der Waals surface area contributed by atoms with Gasteiger partial charge in [-0.1, -0.05) is 50.0 Å². The maximum absolute atomic E-state index is 5.83. The summed E-state index contributed by atoms with van der Waals surface area (Å²) in [5, 5.41) is 0. The topological polar surface area (TPSA) is 0 Å². The van der Waals surface area contributed by atoms with E-state index in [1.807, 2.05) is 18.2 Å². The minimum atomic E-state index is -0.0111. The molecule has 1 atom stereocenters. The van der Waals surface area contributed by atoms with Crippen LogP contribution in [-0.2, 0) is 0 Å². The molecule has 0 nitrogen and oxygen atoms in total. The Morgan fingerprint density at radius 2 is 2.33 bits per heavy atom. The van der Waals surface area contributed by atoms with Gasteiger partial charge in [-0.2, -0.15) is 0 Å². The Bertz CT molecular complexity index is 258. The third-order valence-corrected chi connectivity index (χ3v) is 2.52. The molecule has 0 fully saturated rings. The van der Waals surface area contributed by atoms with Gasteiger partial charge in [0.05, 0.1) is 0 Å². The normalized spacial score (nSPS) is 28.0. The first-order valence-corrected chi connectivity index (χ1v) is 4.51. The van der Waals surface area contributed by atoms with Crippen LogP contribution < -0.4 is 0 Å². The lowest BCUT2D eigenvalue weighted by Crippen LogP contribution is -2.10. The highest BCUT2D eigenvalue weighted by Crippen LogP contribution is 2.25. The van der Waals surface area contributed by atoms with E-state index in [9.17, 15) is 0 Å². The Morgan fingerprint density at radius 3 is 2.92 bits per heavy atom. The number of hydrogen-bond donors (Lipinski definition) is 0. The molecule has 0 radical (unpaired) electrons. The van der Waals surface area contributed by atoms with Crippen molar-refractivity contribution < 1.29 is 0 Å². The molecule has 0 aromatic rings. The van der Waals surface area contributed by atoms with E-state index in [4.69, 9.17) is 11.6 Å². The lowest BCUT2D eigenvalue weighted by molar-refractivity contribution is 0.635. The van der Waals surface area contributed by atoms with Gasteiger partial charge in [-0.05, 0) is 5.57 Å². The van der Waals surface area contributed by atoms with E-state index in [0.29, 0.717) is 5.88 Å². The summed E-state index contributed by atoms with van der Waals surface area (Å²) in [7, 11) is 0. The van der Waals surface area contributed by atoms with Crippen LogP contribution in [0.15, 0.2) is 48.6 Å². The van der Waals surface area contributed by atoms with Crippen LogP contribution in [-0.4, -0.2) is 5.88 Å². The fourth-order valence-corrected chi connectivity index (χ4v) is 1.18. The average molecular weight is 181 g/mol. The quantitative estimate of drug-likeness (QED) is 0.571. The highest BCUT2D eigenvalue weighted by molar-refractivity contribution is 6.18. The lowest BCUT2D eigenvalue weighted by Gasteiger charge is -2.16. The van der Waals surface area contributed by atoms with Crippen LogP contribution in [0.5, 0.6) is 0 Å². The fraction of sp³-hybridized carbons (Fsp3) is 0.273. The van der Waals surface area contributed by atoms with Crippen molar-refractivity contribution in [1.82, 2.24) is 0 Å². The van der Waals surface area contributed by atoms with Gasteiger partial charge in [-0.25, -0.2) is 0 Å². The van der Waals surface area contributed by atoms with Crippen molar-refractivity contribution in [1.29, 1.82) is 0 Å². The van der Waals surface area contributed by atoms with Gasteiger partial charge in [0.25, 0.3) is 0 Å². The Balaban J connectivity index is 2.89. The molecule has 0 amide bonds. The van der Waals surface area contributed by atoms with Gasteiger partial charge in [0.2, 0.25) is 0 Å². The summed E-state index contributed by atoms with van der Waals surface area (Å²) in [6.45, 7) is 5.82. The minimum Gasteiger partial charge on any atom is -0.125 e. The molecule has 0 heterocycles. The van der Waals surface area contributed by atoms with Gasteiger partial charge in [-0.3, -0.25) is 0 Å². The number of halogens is 1. The molecule has 0 aromatic heterocycles. The van der Waals surface area contributed by atoms with Crippen molar-refractivity contribution in [3.8, 4) is 0 Å². The van der Waals surface area contributed by atoms with Gasteiger partial charge in [0, 0.05) is 11.3 Å². The Labute approximate surface area is 78.9 Å². The molecule has 0 aliphatic heterocycles. The zero-order chi connectivity index (χ0) is 9.03. The van der Waals surface area contributed by atoms with Crippen LogP contribution in [0.3, 0.4) is 0 Å². The van der Waals surface area contributed by atoms with E-state index in [2.05, 4.69) is 31.7 Å². The molecule has 0 spiro atoms. The van der Waals surface area contributed by atoms with Crippen molar-refractivity contribution >= 4 is 11.6 Å². The second-order valence-corrected chi connectivity index (χ2v) is 3.47. The third kappa shape index (κ3) is 2.12. The molecule has 0 saturated heterocycles. The van der Waals surface area contributed by atoms with E-state index < -0.39 is 0 Å². The molecule has 12 heavy (non-hydrogen) atoms. The molecule has 64 valence electrons. The molecular formula is C11H13Cl. The van der Waals surface area contributed by atoms with Gasteiger partial charge >= 0.3 is 0 Å². The van der Waals surface area contributed by atoms with E-state index in [1.54, 1.807) is 0 Å². The molecule has 1 unspecified atom stereocenters. The summed E-state index contributed by atoms with van der Waals surface area (Å²) < 4.78 is 0. The zero-order valence-corrected chi connectivity index (χ0v) is 8.01. The van der Waals surface area contributed by atoms with Crippen LogP contribution in [0.1, 0.15) is 6.92 Å². The smallest absolute Gasteiger partial charge is 0.0347 e. The maximum atomic E-state index is 5.83. The first kappa shape index (κ1) is 9.34. The van der Waals surface area contributed by atoms with Crippen LogP contribution in [0.4, 0.5) is 0 Å². The molecule has 1 heteroatoms. The number of alkyl halides is 1. The molecule has 0 aromatic carbocycles.